The van der Waals surface area contributed by atoms with Crippen LogP contribution in [0, 0.1) is 6.92 Å². The molecule has 1 N–H and O–H groups in total. The second-order valence-electron chi connectivity index (χ2n) is 3.31. The molecule has 0 aliphatic heterocycles. The van der Waals surface area contributed by atoms with Crippen molar-refractivity contribution in [3.05, 3.63) is 41.0 Å². The zero-order valence-electron chi connectivity index (χ0n) is 8.60. The number of carboxylic acid groups (broad SMARTS) is 1. The Labute approximate surface area is 95.0 Å². The van der Waals surface area contributed by atoms with Gasteiger partial charge in [0.15, 0.2) is 0 Å². The summed E-state index contributed by atoms with van der Waals surface area (Å²) in [6.07, 6.45) is 4.61. The molecule has 0 aromatic heterocycles. The molecule has 1 rings (SSSR count). The molecule has 0 heterocycles. The van der Waals surface area contributed by atoms with Crippen LogP contribution in [0.3, 0.4) is 0 Å². The van der Waals surface area contributed by atoms with Crippen LogP contribution in [0.2, 0.25) is 0 Å². The quantitative estimate of drug-likeness (QED) is 0.768. The van der Waals surface area contributed by atoms with Crippen LogP contribution in [0.25, 0.3) is 6.08 Å². The Morgan fingerprint density at radius 1 is 1.53 bits per heavy atom. The second kappa shape index (κ2) is 5.61. The molecule has 1 aromatic carbocycles. The number of carboxylic acids is 1. The van der Waals surface area contributed by atoms with Crippen molar-refractivity contribution < 1.29 is 9.90 Å². The summed E-state index contributed by atoms with van der Waals surface area (Å²) in [7, 11) is 0. The van der Waals surface area contributed by atoms with Crippen LogP contribution in [0.4, 0.5) is 0 Å². The molecule has 3 heteroatoms. The van der Waals surface area contributed by atoms with Crippen LogP contribution < -0.4 is 0 Å². The van der Waals surface area contributed by atoms with Crippen LogP contribution in [-0.4, -0.2) is 16.8 Å². The van der Waals surface area contributed by atoms with Crippen molar-refractivity contribution in [1.82, 2.24) is 0 Å². The molecule has 0 bridgehead atoms. The van der Waals surface area contributed by atoms with Gasteiger partial charge in [-0.05, 0) is 30.7 Å². The molecule has 1 aromatic rings. The molecule has 0 amide bonds. The number of benzene rings is 1. The van der Waals surface area contributed by atoms with E-state index in [9.17, 15) is 4.79 Å². The minimum absolute atomic E-state index is 0.352. The smallest absolute Gasteiger partial charge is 0.336 e. The van der Waals surface area contributed by atoms with Crippen LogP contribution in [0.5, 0.6) is 0 Å². The molecule has 0 saturated heterocycles. The fourth-order valence-corrected chi connectivity index (χ4v) is 1.43. The molecular formula is C12H14O2S. The minimum atomic E-state index is -0.885. The molecule has 0 unspecified atom stereocenters. The minimum Gasteiger partial charge on any atom is -0.478 e. The molecule has 2 nitrogen and oxygen atoms in total. The maximum Gasteiger partial charge on any atom is 0.336 e. The highest BCUT2D eigenvalue weighted by Gasteiger charge is 2.07. The number of allylic oxidation sites excluding steroid dienone is 1. The molecule has 0 atom stereocenters. The topological polar surface area (TPSA) is 37.3 Å². The standard InChI is InChI=1S/C12H14O2S/c1-9-5-6-10(4-2-3-7-15)11(8-9)12(13)14/h2,4-6,8,15H,3,7H2,1H3,(H,13,14). The van der Waals surface area contributed by atoms with Crippen molar-refractivity contribution in [2.24, 2.45) is 0 Å². The zero-order chi connectivity index (χ0) is 11.3. The van der Waals surface area contributed by atoms with Crippen LogP contribution in [0.1, 0.15) is 27.9 Å². The Balaban J connectivity index is 3.01. The van der Waals surface area contributed by atoms with Crippen molar-refractivity contribution in [3.8, 4) is 0 Å². The summed E-state index contributed by atoms with van der Waals surface area (Å²) in [5.74, 6) is -0.116. The summed E-state index contributed by atoms with van der Waals surface area (Å²) in [6, 6.07) is 5.42. The fraction of sp³-hybridized carbons (Fsp3) is 0.250. The fourth-order valence-electron chi connectivity index (χ4n) is 1.29. The Bertz CT molecular complexity index is 383. The lowest BCUT2D eigenvalue weighted by atomic mass is 10.0. The van der Waals surface area contributed by atoms with Crippen LogP contribution >= 0.6 is 12.6 Å². The van der Waals surface area contributed by atoms with Gasteiger partial charge >= 0.3 is 5.97 Å². The predicted octanol–water partition coefficient (Wildman–Crippen LogP) is 3.03. The third kappa shape index (κ3) is 3.44. The molecule has 80 valence electrons. The first-order chi connectivity index (χ1) is 7.15. The number of hydrogen-bond acceptors (Lipinski definition) is 2. The van der Waals surface area contributed by atoms with E-state index in [0.29, 0.717) is 5.56 Å². The Hall–Kier alpha value is -1.22. The van der Waals surface area contributed by atoms with Gasteiger partial charge in [0.2, 0.25) is 0 Å². The highest BCUT2D eigenvalue weighted by atomic mass is 32.1. The monoisotopic (exact) mass is 222 g/mol. The lowest BCUT2D eigenvalue weighted by molar-refractivity contribution is 0.0696. The first-order valence-corrected chi connectivity index (χ1v) is 5.39. The van der Waals surface area contributed by atoms with Gasteiger partial charge in [-0.15, -0.1) is 0 Å². The number of carbonyl (C=O) groups is 1. The largest absolute Gasteiger partial charge is 0.478 e. The second-order valence-corrected chi connectivity index (χ2v) is 3.76. The third-order valence-corrected chi connectivity index (χ3v) is 2.29. The number of aryl methyl sites for hydroxylation is 1. The summed E-state index contributed by atoms with van der Waals surface area (Å²) in [4.78, 5) is 11.0. The average molecular weight is 222 g/mol. The molecule has 0 aliphatic rings. The van der Waals surface area contributed by atoms with Crippen molar-refractivity contribution >= 4 is 24.7 Å². The van der Waals surface area contributed by atoms with E-state index in [1.165, 1.54) is 0 Å². The van der Waals surface area contributed by atoms with E-state index >= 15 is 0 Å². The van der Waals surface area contributed by atoms with E-state index in [1.807, 2.05) is 31.2 Å². The summed E-state index contributed by atoms with van der Waals surface area (Å²) in [5.41, 5.74) is 2.05. The normalized spacial score (nSPS) is 10.8. The molecule has 0 saturated carbocycles. The van der Waals surface area contributed by atoms with Gasteiger partial charge < -0.3 is 5.11 Å². The number of aromatic carboxylic acids is 1. The Kier molecular flexibility index (Phi) is 4.43. The third-order valence-electron chi connectivity index (χ3n) is 2.03. The number of rotatable bonds is 4. The Morgan fingerprint density at radius 3 is 2.87 bits per heavy atom. The first-order valence-electron chi connectivity index (χ1n) is 4.76. The van der Waals surface area contributed by atoms with Crippen LogP contribution in [-0.2, 0) is 0 Å². The van der Waals surface area contributed by atoms with E-state index in [2.05, 4.69) is 12.6 Å². The van der Waals surface area contributed by atoms with Crippen molar-refractivity contribution in [2.45, 2.75) is 13.3 Å². The summed E-state index contributed by atoms with van der Waals surface area (Å²) >= 11 is 4.08. The van der Waals surface area contributed by atoms with E-state index in [0.717, 1.165) is 23.3 Å². The van der Waals surface area contributed by atoms with E-state index in [4.69, 9.17) is 5.11 Å². The maximum atomic E-state index is 11.0. The van der Waals surface area contributed by atoms with Crippen molar-refractivity contribution in [2.75, 3.05) is 5.75 Å². The summed E-state index contributed by atoms with van der Waals surface area (Å²) in [5, 5.41) is 9.00. The molecule has 0 spiro atoms. The van der Waals surface area contributed by atoms with E-state index in [-0.39, 0.29) is 0 Å². The highest BCUT2D eigenvalue weighted by Crippen LogP contribution is 2.14. The molecular weight excluding hydrogens is 208 g/mol. The summed E-state index contributed by atoms with van der Waals surface area (Å²) < 4.78 is 0. The van der Waals surface area contributed by atoms with Crippen molar-refractivity contribution in [3.63, 3.8) is 0 Å². The lowest BCUT2D eigenvalue weighted by Crippen LogP contribution is -1.99. The SMILES string of the molecule is Cc1ccc(C=CCCS)c(C(=O)O)c1. The van der Waals surface area contributed by atoms with Gasteiger partial charge in [-0.25, -0.2) is 4.79 Å². The van der Waals surface area contributed by atoms with E-state index < -0.39 is 5.97 Å². The van der Waals surface area contributed by atoms with Gasteiger partial charge in [0, 0.05) is 0 Å². The van der Waals surface area contributed by atoms with Gasteiger partial charge in [0.25, 0.3) is 0 Å². The van der Waals surface area contributed by atoms with Crippen LogP contribution in [0.15, 0.2) is 24.3 Å². The summed E-state index contributed by atoms with van der Waals surface area (Å²) in [6.45, 7) is 1.88. The maximum absolute atomic E-state index is 11.0. The molecule has 0 aliphatic carbocycles. The zero-order valence-corrected chi connectivity index (χ0v) is 9.50. The first kappa shape index (κ1) is 11.9. The number of thiol groups is 1. The molecule has 0 fully saturated rings. The van der Waals surface area contributed by atoms with E-state index in [1.54, 1.807) is 6.07 Å². The molecule has 0 radical (unpaired) electrons. The molecule has 15 heavy (non-hydrogen) atoms. The van der Waals surface area contributed by atoms with Gasteiger partial charge in [-0.1, -0.05) is 29.8 Å². The lowest BCUT2D eigenvalue weighted by Gasteiger charge is -2.02. The number of hydrogen-bond donors (Lipinski definition) is 2. The van der Waals surface area contributed by atoms with Gasteiger partial charge in [-0.3, -0.25) is 0 Å². The predicted molar refractivity (Wildman–Crippen MR) is 65.6 cm³/mol. The van der Waals surface area contributed by atoms with Gasteiger partial charge in [0.05, 0.1) is 5.56 Å². The van der Waals surface area contributed by atoms with Crippen molar-refractivity contribution in [1.29, 1.82) is 0 Å². The van der Waals surface area contributed by atoms with Gasteiger partial charge in [-0.2, -0.15) is 12.6 Å². The average Bonchev–Trinajstić information content (AvgIpc) is 2.20. The Morgan fingerprint density at radius 2 is 2.27 bits per heavy atom. The van der Waals surface area contributed by atoms with Gasteiger partial charge in [0.1, 0.15) is 0 Å². The highest BCUT2D eigenvalue weighted by molar-refractivity contribution is 7.80.